The summed E-state index contributed by atoms with van der Waals surface area (Å²) >= 11 is 0. The Morgan fingerprint density at radius 3 is 2.68 bits per heavy atom. The third kappa shape index (κ3) is 3.53. The standard InChI is InChI=1S/C16H25FN2/c1-10(2)16-7-15(18)6-12(16)4-11(3)13-5-14(17)9-19-8-13/h5,8-12,15-16H,4,6-7,18H2,1-3H3. The summed E-state index contributed by atoms with van der Waals surface area (Å²) in [7, 11) is 0. The lowest BCUT2D eigenvalue weighted by Gasteiger charge is -2.25. The molecule has 4 atom stereocenters. The van der Waals surface area contributed by atoms with E-state index < -0.39 is 0 Å². The molecule has 0 aliphatic heterocycles. The Balaban J connectivity index is 2.03. The molecule has 1 aliphatic carbocycles. The second-order valence-corrected chi connectivity index (χ2v) is 6.47. The molecule has 0 spiro atoms. The average molecular weight is 264 g/mol. The highest BCUT2D eigenvalue weighted by molar-refractivity contribution is 5.15. The number of hydrogen-bond donors (Lipinski definition) is 1. The summed E-state index contributed by atoms with van der Waals surface area (Å²) in [4.78, 5) is 3.95. The van der Waals surface area contributed by atoms with Crippen molar-refractivity contribution < 1.29 is 4.39 Å². The zero-order valence-electron chi connectivity index (χ0n) is 12.1. The van der Waals surface area contributed by atoms with Crippen LogP contribution in [0.15, 0.2) is 18.5 Å². The monoisotopic (exact) mass is 264 g/mol. The maximum absolute atomic E-state index is 13.2. The molecule has 19 heavy (non-hydrogen) atoms. The fourth-order valence-corrected chi connectivity index (χ4v) is 3.58. The maximum atomic E-state index is 13.2. The molecular weight excluding hydrogens is 239 g/mol. The van der Waals surface area contributed by atoms with E-state index in [9.17, 15) is 4.39 Å². The number of halogens is 1. The van der Waals surface area contributed by atoms with Crippen LogP contribution in [0.3, 0.4) is 0 Å². The van der Waals surface area contributed by atoms with Gasteiger partial charge in [0.15, 0.2) is 0 Å². The van der Waals surface area contributed by atoms with Gasteiger partial charge < -0.3 is 5.73 Å². The molecule has 2 rings (SSSR count). The summed E-state index contributed by atoms with van der Waals surface area (Å²) in [5.74, 6) is 2.15. The lowest BCUT2D eigenvalue weighted by molar-refractivity contribution is 0.270. The number of rotatable bonds is 4. The van der Waals surface area contributed by atoms with Gasteiger partial charge in [0.1, 0.15) is 5.82 Å². The SMILES string of the molecule is CC(CC1CC(N)CC1C(C)C)c1cncc(F)c1. The maximum Gasteiger partial charge on any atom is 0.141 e. The molecule has 1 heterocycles. The molecule has 0 aromatic carbocycles. The summed E-state index contributed by atoms with van der Waals surface area (Å²) in [6, 6.07) is 1.95. The van der Waals surface area contributed by atoms with Crippen molar-refractivity contribution in [1.82, 2.24) is 4.98 Å². The van der Waals surface area contributed by atoms with Crippen LogP contribution in [0.4, 0.5) is 4.39 Å². The molecule has 2 N–H and O–H groups in total. The van der Waals surface area contributed by atoms with Crippen molar-refractivity contribution >= 4 is 0 Å². The highest BCUT2D eigenvalue weighted by Crippen LogP contribution is 2.41. The number of nitrogens with zero attached hydrogens (tertiary/aromatic N) is 1. The molecule has 2 nitrogen and oxygen atoms in total. The van der Waals surface area contributed by atoms with Crippen LogP contribution < -0.4 is 5.73 Å². The van der Waals surface area contributed by atoms with Crippen molar-refractivity contribution in [2.45, 2.75) is 52.0 Å². The predicted octanol–water partition coefficient (Wildman–Crippen LogP) is 3.72. The van der Waals surface area contributed by atoms with E-state index in [0.717, 1.165) is 24.8 Å². The zero-order valence-corrected chi connectivity index (χ0v) is 12.1. The Morgan fingerprint density at radius 2 is 2.05 bits per heavy atom. The molecule has 106 valence electrons. The largest absolute Gasteiger partial charge is 0.328 e. The first-order valence-corrected chi connectivity index (χ1v) is 7.33. The number of hydrogen-bond acceptors (Lipinski definition) is 2. The van der Waals surface area contributed by atoms with Crippen LogP contribution in [-0.4, -0.2) is 11.0 Å². The molecule has 1 aromatic heterocycles. The molecule has 3 heteroatoms. The fourth-order valence-electron chi connectivity index (χ4n) is 3.58. The van der Waals surface area contributed by atoms with Gasteiger partial charge >= 0.3 is 0 Å². The first-order chi connectivity index (χ1) is 8.97. The quantitative estimate of drug-likeness (QED) is 0.900. The molecule has 0 bridgehead atoms. The van der Waals surface area contributed by atoms with Crippen LogP contribution in [-0.2, 0) is 0 Å². The van der Waals surface area contributed by atoms with Crippen LogP contribution >= 0.6 is 0 Å². The van der Waals surface area contributed by atoms with Crippen LogP contribution in [0, 0.1) is 23.6 Å². The van der Waals surface area contributed by atoms with Gasteiger partial charge in [0.2, 0.25) is 0 Å². The number of aromatic nitrogens is 1. The molecule has 1 aromatic rings. The minimum absolute atomic E-state index is 0.243. The van der Waals surface area contributed by atoms with Gasteiger partial charge in [0, 0.05) is 12.2 Å². The summed E-state index contributed by atoms with van der Waals surface area (Å²) in [5, 5.41) is 0. The van der Waals surface area contributed by atoms with E-state index in [0.29, 0.717) is 29.7 Å². The Kier molecular flexibility index (Phi) is 4.56. The van der Waals surface area contributed by atoms with Crippen LogP contribution in [0.2, 0.25) is 0 Å². The van der Waals surface area contributed by atoms with Crippen molar-refractivity contribution in [3.8, 4) is 0 Å². The summed E-state index contributed by atoms with van der Waals surface area (Å²) in [6.45, 7) is 6.73. The molecule has 1 saturated carbocycles. The fraction of sp³-hybridized carbons (Fsp3) is 0.688. The zero-order chi connectivity index (χ0) is 14.0. The summed E-state index contributed by atoms with van der Waals surface area (Å²) in [5.41, 5.74) is 7.12. The van der Waals surface area contributed by atoms with Gasteiger partial charge in [0.25, 0.3) is 0 Å². The van der Waals surface area contributed by atoms with Crippen molar-refractivity contribution in [2.24, 2.45) is 23.5 Å². The van der Waals surface area contributed by atoms with Gasteiger partial charge in [-0.2, -0.15) is 0 Å². The van der Waals surface area contributed by atoms with Gasteiger partial charge in [-0.3, -0.25) is 4.98 Å². The van der Waals surface area contributed by atoms with Crippen molar-refractivity contribution in [2.75, 3.05) is 0 Å². The average Bonchev–Trinajstić information content (AvgIpc) is 2.70. The lowest BCUT2D eigenvalue weighted by atomic mass is 9.80. The highest BCUT2D eigenvalue weighted by atomic mass is 19.1. The molecule has 4 unspecified atom stereocenters. The Hall–Kier alpha value is -0.960. The highest BCUT2D eigenvalue weighted by Gasteiger charge is 2.34. The Morgan fingerprint density at radius 1 is 1.32 bits per heavy atom. The third-order valence-electron chi connectivity index (χ3n) is 4.59. The van der Waals surface area contributed by atoms with E-state index in [1.165, 1.54) is 6.20 Å². The second-order valence-electron chi connectivity index (χ2n) is 6.47. The molecule has 0 saturated heterocycles. The normalized spacial score (nSPS) is 28.8. The number of pyridine rings is 1. The molecule has 0 radical (unpaired) electrons. The molecule has 1 fully saturated rings. The van der Waals surface area contributed by atoms with Crippen LogP contribution in [0.1, 0.15) is 51.5 Å². The van der Waals surface area contributed by atoms with Gasteiger partial charge in [-0.15, -0.1) is 0 Å². The minimum atomic E-state index is -0.243. The van der Waals surface area contributed by atoms with Gasteiger partial charge in [-0.1, -0.05) is 20.8 Å². The first-order valence-electron chi connectivity index (χ1n) is 7.33. The molecule has 0 amide bonds. The summed E-state index contributed by atoms with van der Waals surface area (Å²) in [6.07, 6.45) is 6.37. The van der Waals surface area contributed by atoms with Gasteiger partial charge in [-0.05, 0) is 54.6 Å². The van der Waals surface area contributed by atoms with Crippen molar-refractivity contribution in [3.63, 3.8) is 0 Å². The van der Waals surface area contributed by atoms with Crippen molar-refractivity contribution in [1.29, 1.82) is 0 Å². The Bertz CT molecular complexity index is 419. The van der Waals surface area contributed by atoms with Gasteiger partial charge in [-0.25, -0.2) is 4.39 Å². The van der Waals surface area contributed by atoms with Crippen LogP contribution in [0.5, 0.6) is 0 Å². The topological polar surface area (TPSA) is 38.9 Å². The van der Waals surface area contributed by atoms with E-state index in [2.05, 4.69) is 25.8 Å². The van der Waals surface area contributed by atoms with E-state index in [-0.39, 0.29) is 5.82 Å². The predicted molar refractivity (Wildman–Crippen MR) is 76.3 cm³/mol. The Labute approximate surface area is 115 Å². The van der Waals surface area contributed by atoms with Crippen LogP contribution in [0.25, 0.3) is 0 Å². The molecular formula is C16H25FN2. The number of nitrogens with two attached hydrogens (primary N) is 1. The van der Waals surface area contributed by atoms with Crippen molar-refractivity contribution in [3.05, 3.63) is 29.8 Å². The smallest absolute Gasteiger partial charge is 0.141 e. The van der Waals surface area contributed by atoms with E-state index in [4.69, 9.17) is 5.73 Å². The van der Waals surface area contributed by atoms with E-state index in [1.807, 2.05) is 0 Å². The van der Waals surface area contributed by atoms with E-state index in [1.54, 1.807) is 12.3 Å². The second kappa shape index (κ2) is 6.00. The first kappa shape index (κ1) is 14.4. The van der Waals surface area contributed by atoms with Gasteiger partial charge in [0.05, 0.1) is 6.20 Å². The minimum Gasteiger partial charge on any atom is -0.328 e. The molecule has 1 aliphatic rings. The van der Waals surface area contributed by atoms with E-state index >= 15 is 0 Å². The summed E-state index contributed by atoms with van der Waals surface area (Å²) < 4.78 is 13.2. The third-order valence-corrected chi connectivity index (χ3v) is 4.59. The lowest BCUT2D eigenvalue weighted by Crippen LogP contribution is -2.16.